The zero-order chi connectivity index (χ0) is 28.7. The van der Waals surface area contributed by atoms with Crippen LogP contribution in [-0.4, -0.2) is 64.9 Å². The van der Waals surface area contributed by atoms with Crippen molar-refractivity contribution in [3.8, 4) is 11.4 Å². The monoisotopic (exact) mass is 563 g/mol. The molecule has 1 amide bonds. The molecule has 2 aromatic carbocycles. The zero-order valence-electron chi connectivity index (χ0n) is 21.7. The fourth-order valence-corrected chi connectivity index (χ4v) is 5.08. The highest BCUT2D eigenvalue weighted by Crippen LogP contribution is 2.37. The molecule has 40 heavy (non-hydrogen) atoms. The van der Waals surface area contributed by atoms with Crippen molar-refractivity contribution in [2.75, 3.05) is 44.2 Å². The molecule has 212 valence electrons. The molecule has 2 aliphatic heterocycles. The van der Waals surface area contributed by atoms with Gasteiger partial charge in [0, 0.05) is 55.8 Å². The summed E-state index contributed by atoms with van der Waals surface area (Å²) in [5, 5.41) is 0. The molecule has 0 spiro atoms. The summed E-state index contributed by atoms with van der Waals surface area (Å²) in [5.41, 5.74) is -1.51. The van der Waals surface area contributed by atoms with Crippen LogP contribution >= 0.6 is 0 Å². The number of piperazine rings is 1. The van der Waals surface area contributed by atoms with E-state index in [4.69, 9.17) is 9.97 Å². The van der Waals surface area contributed by atoms with E-state index in [2.05, 4.69) is 16.7 Å². The molecule has 0 atom stereocenters. The quantitative estimate of drug-likeness (QED) is 0.392. The topological polar surface area (TPSA) is 52.6 Å². The van der Waals surface area contributed by atoms with Gasteiger partial charge >= 0.3 is 12.4 Å². The van der Waals surface area contributed by atoms with Crippen LogP contribution in [0.5, 0.6) is 0 Å². The van der Waals surface area contributed by atoms with E-state index in [1.165, 1.54) is 4.90 Å². The Morgan fingerprint density at radius 2 is 1.48 bits per heavy atom. The molecule has 12 heteroatoms. The molecule has 0 unspecified atom stereocenters. The van der Waals surface area contributed by atoms with Gasteiger partial charge in [0.05, 0.1) is 23.4 Å². The molecular weight excluding hydrogens is 536 g/mol. The van der Waals surface area contributed by atoms with Crippen LogP contribution < -0.4 is 4.90 Å². The third-order valence-corrected chi connectivity index (χ3v) is 7.31. The highest BCUT2D eigenvalue weighted by molar-refractivity contribution is 5.95. The molecule has 3 heterocycles. The molecule has 5 rings (SSSR count). The molecule has 6 nitrogen and oxygen atoms in total. The summed E-state index contributed by atoms with van der Waals surface area (Å²) in [5.74, 6) is 0.257. The number of anilines is 1. The number of halogens is 6. The van der Waals surface area contributed by atoms with Crippen LogP contribution in [0, 0.1) is 0 Å². The molecule has 2 aliphatic rings. The first-order valence-electron chi connectivity index (χ1n) is 13.0. The van der Waals surface area contributed by atoms with Crippen LogP contribution in [0.25, 0.3) is 11.4 Å². The number of benzene rings is 2. The number of nitrogens with zero attached hydrogens (tertiary/aromatic N) is 5. The summed E-state index contributed by atoms with van der Waals surface area (Å²) in [6, 6.07) is 10.4. The van der Waals surface area contributed by atoms with Crippen molar-refractivity contribution in [3.05, 3.63) is 76.5 Å². The van der Waals surface area contributed by atoms with Gasteiger partial charge in [-0.15, -0.1) is 0 Å². The number of amides is 1. The lowest BCUT2D eigenvalue weighted by molar-refractivity contribution is -0.143. The van der Waals surface area contributed by atoms with E-state index in [9.17, 15) is 31.1 Å². The third-order valence-electron chi connectivity index (χ3n) is 7.31. The SMILES string of the molecule is CCN1CCN(c2nc(-c3ccccc3)nc3c2CN(C(=O)c2cc(C(F)(F)F)cc(C(F)(F)F)c2)CC3)CC1. The Kier molecular flexibility index (Phi) is 7.47. The average molecular weight is 564 g/mol. The van der Waals surface area contributed by atoms with Crippen molar-refractivity contribution in [2.24, 2.45) is 0 Å². The number of hydrogen-bond acceptors (Lipinski definition) is 5. The van der Waals surface area contributed by atoms with Gasteiger partial charge in [0.25, 0.3) is 5.91 Å². The number of alkyl halides is 6. The number of carbonyl (C=O) groups is 1. The first kappa shape index (κ1) is 27.9. The van der Waals surface area contributed by atoms with E-state index in [1.54, 1.807) is 0 Å². The molecule has 0 N–H and O–H groups in total. The van der Waals surface area contributed by atoms with Crippen molar-refractivity contribution < 1.29 is 31.1 Å². The minimum atomic E-state index is -5.04. The Balaban J connectivity index is 1.51. The Morgan fingerprint density at radius 1 is 0.850 bits per heavy atom. The Bertz CT molecular complexity index is 1350. The van der Waals surface area contributed by atoms with Crippen molar-refractivity contribution in [1.29, 1.82) is 0 Å². The second-order valence-corrected chi connectivity index (χ2v) is 9.85. The van der Waals surface area contributed by atoms with Gasteiger partial charge in [0.15, 0.2) is 5.82 Å². The minimum Gasteiger partial charge on any atom is -0.354 e. The second kappa shape index (κ2) is 10.7. The number of hydrogen-bond donors (Lipinski definition) is 0. The normalized spacial score (nSPS) is 16.7. The number of fused-ring (bicyclic) bond motifs is 1. The van der Waals surface area contributed by atoms with Gasteiger partial charge in [-0.2, -0.15) is 26.3 Å². The van der Waals surface area contributed by atoms with Crippen molar-refractivity contribution >= 4 is 11.7 Å². The number of carbonyl (C=O) groups excluding carboxylic acids is 1. The van der Waals surface area contributed by atoms with Crippen LogP contribution in [-0.2, 0) is 25.3 Å². The first-order chi connectivity index (χ1) is 18.9. The van der Waals surface area contributed by atoms with Gasteiger partial charge in [-0.1, -0.05) is 37.3 Å². The lowest BCUT2D eigenvalue weighted by Crippen LogP contribution is -2.47. The Hall–Kier alpha value is -3.67. The highest BCUT2D eigenvalue weighted by atomic mass is 19.4. The van der Waals surface area contributed by atoms with Crippen LogP contribution in [0.1, 0.15) is 39.7 Å². The summed E-state index contributed by atoms with van der Waals surface area (Å²) < 4.78 is 80.5. The lowest BCUT2D eigenvalue weighted by atomic mass is 10.0. The summed E-state index contributed by atoms with van der Waals surface area (Å²) >= 11 is 0. The van der Waals surface area contributed by atoms with Gasteiger partial charge in [-0.3, -0.25) is 4.79 Å². The predicted molar refractivity (Wildman–Crippen MR) is 137 cm³/mol. The van der Waals surface area contributed by atoms with Crippen LogP contribution in [0.15, 0.2) is 48.5 Å². The molecule has 1 aromatic heterocycles. The van der Waals surface area contributed by atoms with E-state index in [1.807, 2.05) is 30.3 Å². The maximum absolute atomic E-state index is 13.4. The summed E-state index contributed by atoms with van der Waals surface area (Å²) in [7, 11) is 0. The maximum Gasteiger partial charge on any atom is 0.416 e. The molecule has 0 bridgehead atoms. The fourth-order valence-electron chi connectivity index (χ4n) is 5.08. The summed E-state index contributed by atoms with van der Waals surface area (Å²) in [4.78, 5) is 28.6. The number of rotatable bonds is 4. The van der Waals surface area contributed by atoms with E-state index in [-0.39, 0.29) is 25.6 Å². The van der Waals surface area contributed by atoms with Gasteiger partial charge < -0.3 is 14.7 Å². The number of likely N-dealkylation sites (N-methyl/N-ethyl adjacent to an activating group) is 1. The van der Waals surface area contributed by atoms with E-state index >= 15 is 0 Å². The molecular formula is C28H27F6N5O. The van der Waals surface area contributed by atoms with Crippen molar-refractivity contribution in [3.63, 3.8) is 0 Å². The highest BCUT2D eigenvalue weighted by Gasteiger charge is 2.38. The fraction of sp³-hybridized carbons (Fsp3) is 0.393. The molecule has 1 fully saturated rings. The third kappa shape index (κ3) is 5.77. The largest absolute Gasteiger partial charge is 0.416 e. The summed E-state index contributed by atoms with van der Waals surface area (Å²) in [6.07, 6.45) is -9.79. The van der Waals surface area contributed by atoms with Crippen LogP contribution in [0.2, 0.25) is 0 Å². The van der Waals surface area contributed by atoms with Crippen molar-refractivity contribution in [1.82, 2.24) is 19.8 Å². The Labute approximate surface area is 227 Å². The minimum absolute atomic E-state index is 0.0231. The van der Waals surface area contributed by atoms with Crippen molar-refractivity contribution in [2.45, 2.75) is 32.2 Å². The predicted octanol–water partition coefficient (Wildman–Crippen LogP) is 5.52. The zero-order valence-corrected chi connectivity index (χ0v) is 21.7. The molecule has 0 aliphatic carbocycles. The van der Waals surface area contributed by atoms with Gasteiger partial charge in [-0.05, 0) is 24.7 Å². The Morgan fingerprint density at radius 3 is 2.05 bits per heavy atom. The van der Waals surface area contributed by atoms with E-state index in [0.29, 0.717) is 48.1 Å². The lowest BCUT2D eigenvalue weighted by Gasteiger charge is -2.38. The van der Waals surface area contributed by atoms with Gasteiger partial charge in [0.1, 0.15) is 5.82 Å². The maximum atomic E-state index is 13.4. The average Bonchev–Trinajstić information content (AvgIpc) is 2.95. The second-order valence-electron chi connectivity index (χ2n) is 9.85. The first-order valence-corrected chi connectivity index (χ1v) is 13.0. The van der Waals surface area contributed by atoms with Gasteiger partial charge in [-0.25, -0.2) is 9.97 Å². The van der Waals surface area contributed by atoms with Gasteiger partial charge in [0.2, 0.25) is 0 Å². The standard InChI is InChI=1S/C28H27F6N5O/c1-2-37-10-12-38(13-11-37)25-22-17-39(9-8-23(22)35-24(36-25)18-6-4-3-5-7-18)26(40)19-14-20(27(29,30)31)16-21(15-19)28(32,33)34/h3-7,14-16H,2,8-13,17H2,1H3. The molecule has 1 saturated heterocycles. The van der Waals surface area contributed by atoms with E-state index < -0.39 is 35.0 Å². The van der Waals surface area contributed by atoms with Crippen LogP contribution in [0.3, 0.4) is 0 Å². The van der Waals surface area contributed by atoms with E-state index in [0.717, 1.165) is 25.2 Å². The molecule has 0 radical (unpaired) electrons. The van der Waals surface area contributed by atoms with Crippen LogP contribution in [0.4, 0.5) is 32.2 Å². The smallest absolute Gasteiger partial charge is 0.354 e. The molecule has 0 saturated carbocycles. The molecule has 3 aromatic rings. The number of aromatic nitrogens is 2. The summed E-state index contributed by atoms with van der Waals surface area (Å²) in [6.45, 7) is 6.04.